The number of nitrogens with one attached hydrogen (secondary N) is 1. The Balaban J connectivity index is 0.888. The monoisotopic (exact) mass is 854 g/mol. The lowest BCUT2D eigenvalue weighted by atomic mass is 9.32. The number of rotatable bonds is 4. The molecule has 19 atom stereocenters. The highest BCUT2D eigenvalue weighted by Gasteiger charge is 2.95. The number of ketones is 1. The van der Waals surface area contributed by atoms with E-state index in [-0.39, 0.29) is 36.8 Å². The Morgan fingerprint density at radius 3 is 2.65 bits per heavy atom. The Bertz CT molecular complexity index is 2200. The highest BCUT2D eigenvalue weighted by atomic mass is 16.7. The van der Waals surface area contributed by atoms with Crippen molar-refractivity contribution >= 4 is 17.7 Å². The van der Waals surface area contributed by atoms with Crippen molar-refractivity contribution in [2.75, 3.05) is 26.4 Å². The van der Waals surface area contributed by atoms with Crippen LogP contribution in [0.3, 0.4) is 0 Å². The largest absolute Gasteiger partial charge is 0.469 e. The summed E-state index contributed by atoms with van der Waals surface area (Å²) in [6.45, 7) is 7.76. The number of aliphatic hydroxyl groups excluding tert-OH is 3. The van der Waals surface area contributed by atoms with Crippen LogP contribution in [-0.4, -0.2) is 106 Å². The fourth-order valence-electron chi connectivity index (χ4n) is 18.4. The second-order valence-electron chi connectivity index (χ2n) is 22.9. The van der Waals surface area contributed by atoms with E-state index in [1.165, 1.54) is 0 Å². The number of allylic oxidation sites excluding steroid dienone is 2. The number of epoxide rings is 1. The maximum atomic E-state index is 15.6. The van der Waals surface area contributed by atoms with Crippen LogP contribution in [0.25, 0.3) is 0 Å². The number of aliphatic hydroxyl groups is 3. The molecule has 5 saturated heterocycles. The van der Waals surface area contributed by atoms with Gasteiger partial charge < -0.3 is 43.6 Å². The maximum absolute atomic E-state index is 15.6. The minimum Gasteiger partial charge on any atom is -0.469 e. The number of nitrogens with zero attached hydrogens (tertiary/aromatic N) is 1. The lowest BCUT2D eigenvalue weighted by Crippen LogP contribution is -2.80. The molecule has 7 aliphatic carbocycles. The molecular formula is C49H62N2O11. The van der Waals surface area contributed by atoms with Crippen LogP contribution in [0, 0.1) is 68.5 Å². The molecule has 7 heterocycles. The molecule has 0 radical (unpaired) electrons. The molecular weight excluding hydrogens is 793 g/mol. The van der Waals surface area contributed by atoms with Crippen molar-refractivity contribution in [2.24, 2.45) is 68.5 Å². The molecule has 0 amide bonds. The van der Waals surface area contributed by atoms with Crippen LogP contribution in [0.4, 0.5) is 0 Å². The number of hydrogen-bond donors (Lipinski definition) is 4. The van der Waals surface area contributed by atoms with Crippen LogP contribution in [0.2, 0.25) is 0 Å². The lowest BCUT2D eigenvalue weighted by molar-refractivity contribution is -0.273. The minimum absolute atomic E-state index is 0.0185. The van der Waals surface area contributed by atoms with E-state index < -0.39 is 80.7 Å². The lowest BCUT2D eigenvalue weighted by Gasteiger charge is -2.69. The number of carbonyl (C=O) groups is 3. The molecule has 5 spiro atoms. The first kappa shape index (κ1) is 39.3. The zero-order valence-corrected chi connectivity index (χ0v) is 36.1. The van der Waals surface area contributed by atoms with Crippen molar-refractivity contribution in [3.05, 3.63) is 48.1 Å². The summed E-state index contributed by atoms with van der Waals surface area (Å²) in [4.78, 5) is 46.8. The molecule has 5 saturated carbocycles. The summed E-state index contributed by atoms with van der Waals surface area (Å²) in [6, 6.07) is 2.44. The van der Waals surface area contributed by atoms with Crippen LogP contribution < -0.4 is 5.32 Å². The molecule has 13 heteroatoms. The Kier molecular flexibility index (Phi) is 7.88. The zero-order valence-electron chi connectivity index (χ0n) is 36.1. The smallest absolute Gasteiger partial charge is 0.339 e. The average molecular weight is 855 g/mol. The van der Waals surface area contributed by atoms with Gasteiger partial charge in [0, 0.05) is 42.0 Å². The Morgan fingerprint density at radius 1 is 0.968 bits per heavy atom. The first-order valence-electron chi connectivity index (χ1n) is 23.9. The van der Waals surface area contributed by atoms with Gasteiger partial charge in [-0.2, -0.15) is 0 Å². The first-order valence-corrected chi connectivity index (χ1v) is 23.9. The van der Waals surface area contributed by atoms with Crippen LogP contribution in [0.5, 0.6) is 0 Å². The summed E-state index contributed by atoms with van der Waals surface area (Å²) in [5.74, 6) is 0.859. The number of furan rings is 1. The van der Waals surface area contributed by atoms with Crippen LogP contribution >= 0.6 is 0 Å². The predicted octanol–water partition coefficient (Wildman–Crippen LogP) is 4.14. The topological polar surface area (TPSA) is 181 Å². The predicted molar refractivity (Wildman–Crippen MR) is 218 cm³/mol. The average Bonchev–Trinajstić information content (AvgIpc) is 3.54. The second kappa shape index (κ2) is 12.4. The fourth-order valence-corrected chi connectivity index (χ4v) is 18.4. The van der Waals surface area contributed by atoms with Gasteiger partial charge in [0.1, 0.15) is 30.2 Å². The quantitative estimate of drug-likeness (QED) is 0.193. The van der Waals surface area contributed by atoms with Crippen molar-refractivity contribution in [3.63, 3.8) is 0 Å². The maximum Gasteiger partial charge on any atom is 0.339 e. The number of hydrogen-bond acceptors (Lipinski definition) is 13. The van der Waals surface area contributed by atoms with Crippen LogP contribution in [-0.2, 0) is 39.8 Å². The van der Waals surface area contributed by atoms with Crippen molar-refractivity contribution < 1.29 is 53.1 Å². The highest BCUT2D eigenvalue weighted by molar-refractivity contribution is 5.98. The molecule has 334 valence electrons. The number of ether oxygens (including phenoxy) is 4. The van der Waals surface area contributed by atoms with Crippen molar-refractivity contribution in [1.82, 2.24) is 10.2 Å². The molecule has 6 aliphatic heterocycles. The number of cyclic esters (lactones) is 2. The standard InChI is InChI=1S/C49H62N2O11/c1-43(2)48-12-4-11-46(36(54)37(48)55)35(47(48)23-59-42(57)45(41(47)62-43)14-7-25(20-45)22-52)8-13-44(3)38(60-40(56)39-49(44,46)61-39)28-10-16-58-34(28)19-31-29-17-27-9-15-51-24-50-21-32(51)30(27)18-26(29)5-6-33(31)53/h4,9-10,12,15-16,25-27,29-33,35-36,38-39,41,50,52-54H,5-8,11,13-14,17-24H2,1-3H3/t25-,26-,27-,29+,30-,31-,32+,33+,35+,36-,38+,39-,41+,44+,45+,46+,47+,48-,49-/m1/s1. The molecule has 10 fully saturated rings. The molecule has 0 unspecified atom stereocenters. The number of fused-ring (bicyclic) bond motifs is 7. The van der Waals surface area contributed by atoms with Gasteiger partial charge in [-0.3, -0.25) is 14.9 Å². The first-order chi connectivity index (χ1) is 29.7. The van der Waals surface area contributed by atoms with Crippen molar-refractivity contribution in [2.45, 2.75) is 139 Å². The summed E-state index contributed by atoms with van der Waals surface area (Å²) in [7, 11) is 0. The van der Waals surface area contributed by atoms with E-state index in [9.17, 15) is 24.9 Å². The third-order valence-corrected chi connectivity index (χ3v) is 20.9. The summed E-state index contributed by atoms with van der Waals surface area (Å²) in [5.41, 5.74) is -7.24. The van der Waals surface area contributed by atoms with Gasteiger partial charge >= 0.3 is 11.9 Å². The van der Waals surface area contributed by atoms with E-state index in [1.54, 1.807) is 6.26 Å². The van der Waals surface area contributed by atoms with Gasteiger partial charge in [0.25, 0.3) is 0 Å². The number of esters is 2. The van der Waals surface area contributed by atoms with E-state index in [4.69, 9.17) is 23.4 Å². The molecule has 14 rings (SSSR count). The number of Topliss-reactive ketones (excluding diaryl/α,β-unsaturated/α-hetero) is 1. The molecule has 1 aromatic rings. The van der Waals surface area contributed by atoms with Gasteiger partial charge in [0.05, 0.1) is 47.0 Å². The van der Waals surface area contributed by atoms with E-state index in [1.807, 2.05) is 32.1 Å². The fraction of sp³-hybridized carbons (Fsp3) is 0.776. The summed E-state index contributed by atoms with van der Waals surface area (Å²) in [6.07, 6.45) is 13.2. The van der Waals surface area contributed by atoms with E-state index >= 15 is 4.79 Å². The van der Waals surface area contributed by atoms with Gasteiger partial charge in [-0.15, -0.1) is 0 Å². The zero-order chi connectivity index (χ0) is 42.6. The summed E-state index contributed by atoms with van der Waals surface area (Å²) in [5, 5.41) is 38.7. The summed E-state index contributed by atoms with van der Waals surface area (Å²) >= 11 is 0. The van der Waals surface area contributed by atoms with E-state index in [0.29, 0.717) is 80.4 Å². The van der Waals surface area contributed by atoms with Gasteiger partial charge in [-0.25, -0.2) is 4.79 Å². The third kappa shape index (κ3) is 4.20. The van der Waals surface area contributed by atoms with Crippen molar-refractivity contribution in [1.29, 1.82) is 0 Å². The number of carbonyl (C=O) groups excluding carboxylic acids is 3. The third-order valence-electron chi connectivity index (χ3n) is 20.9. The molecule has 0 aromatic carbocycles. The molecule has 1 aromatic heterocycles. The van der Waals surface area contributed by atoms with Crippen molar-refractivity contribution in [3.8, 4) is 0 Å². The Labute approximate surface area is 362 Å². The van der Waals surface area contributed by atoms with Gasteiger partial charge in [0.15, 0.2) is 11.9 Å². The molecule has 13 nitrogen and oxygen atoms in total. The Morgan fingerprint density at radius 2 is 1.82 bits per heavy atom. The SMILES string of the molecule is CC1(C)O[C@H]2[C@@]3(CC[C@@H](CO)C3)C(=O)OC[C@]23[C@H]2CC[C@@]4(C)[C@H](c5ccoc5C[C@@H]5[C@H]6C[C@H]7C=CN8CNC[C@H]8[C@@H]7C[C@H]6CC[C@@H]5O)OC(=O)[C@H]5O[C@]54[C@@]24CC=C[C@@]13C(=O)[C@H]4O. The molecule has 62 heavy (non-hydrogen) atoms. The normalized spacial score (nSPS) is 54.6. The van der Waals surface area contributed by atoms with E-state index in [2.05, 4.69) is 29.4 Å². The van der Waals surface area contributed by atoms with Gasteiger partial charge in [-0.05, 0) is 132 Å². The molecule has 4 N–H and O–H groups in total. The minimum atomic E-state index is -1.50. The molecule has 13 aliphatic rings. The van der Waals surface area contributed by atoms with Crippen LogP contribution in [0.1, 0.15) is 102 Å². The van der Waals surface area contributed by atoms with Crippen LogP contribution in [0.15, 0.2) is 41.2 Å². The second-order valence-corrected chi connectivity index (χ2v) is 22.9. The van der Waals surface area contributed by atoms with Gasteiger partial charge in [0.2, 0.25) is 0 Å². The molecule has 2 bridgehead atoms. The summed E-state index contributed by atoms with van der Waals surface area (Å²) < 4.78 is 33.4. The highest BCUT2D eigenvalue weighted by Crippen LogP contribution is 2.85. The Hall–Kier alpha value is -3.07. The van der Waals surface area contributed by atoms with Gasteiger partial charge in [-0.1, -0.05) is 25.2 Å². The van der Waals surface area contributed by atoms with E-state index in [0.717, 1.165) is 44.5 Å².